The molecule has 1 atom stereocenters. The predicted octanol–water partition coefficient (Wildman–Crippen LogP) is 4.60. The van der Waals surface area contributed by atoms with Crippen molar-refractivity contribution in [1.29, 1.82) is 0 Å². The molecule has 3 aromatic rings. The lowest BCUT2D eigenvalue weighted by molar-refractivity contribution is -0.138. The summed E-state index contributed by atoms with van der Waals surface area (Å²) in [5.41, 5.74) is 3.06. The van der Waals surface area contributed by atoms with E-state index in [1.807, 2.05) is 30.3 Å². The van der Waals surface area contributed by atoms with Gasteiger partial charge in [0.1, 0.15) is 12.4 Å². The van der Waals surface area contributed by atoms with Crippen molar-refractivity contribution >= 4 is 5.97 Å². The molecule has 0 saturated heterocycles. The number of hydrogen-bond donors (Lipinski definition) is 3. The van der Waals surface area contributed by atoms with Crippen LogP contribution in [0.25, 0.3) is 0 Å². The molecule has 1 unspecified atom stereocenters. The minimum absolute atomic E-state index is 0.0101. The third kappa shape index (κ3) is 6.52. The summed E-state index contributed by atoms with van der Waals surface area (Å²) in [6.07, 6.45) is 0.819. The van der Waals surface area contributed by atoms with E-state index in [9.17, 15) is 20.1 Å². The highest BCUT2D eigenvalue weighted by Gasteiger charge is 2.26. The molecule has 0 amide bonds. The fourth-order valence-electron chi connectivity index (χ4n) is 4.89. The van der Waals surface area contributed by atoms with Gasteiger partial charge in [-0.25, -0.2) is 0 Å². The fourth-order valence-corrected chi connectivity index (χ4v) is 4.89. The number of carbonyl (C=O) groups is 1. The van der Waals surface area contributed by atoms with Gasteiger partial charge in [-0.05, 0) is 40.8 Å². The number of aromatic hydroxyl groups is 2. The number of benzene rings is 2. The molecule has 0 bridgehead atoms. The Morgan fingerprint density at radius 1 is 1.08 bits per heavy atom. The third-order valence-electron chi connectivity index (χ3n) is 6.63. The van der Waals surface area contributed by atoms with E-state index in [0.29, 0.717) is 30.6 Å². The highest BCUT2D eigenvalue weighted by atomic mass is 16.5. The van der Waals surface area contributed by atoms with Gasteiger partial charge in [-0.15, -0.1) is 0 Å². The molecule has 2 aromatic carbocycles. The monoisotopic (exact) mass is 524 g/mol. The minimum atomic E-state index is -0.846. The van der Waals surface area contributed by atoms with Crippen LogP contribution in [0.5, 0.6) is 29.0 Å². The maximum Gasteiger partial charge on any atom is 0.305 e. The van der Waals surface area contributed by atoms with Crippen LogP contribution < -0.4 is 14.2 Å². The molecule has 2 heterocycles. The van der Waals surface area contributed by atoms with E-state index in [-0.39, 0.29) is 37.4 Å². The summed E-state index contributed by atoms with van der Waals surface area (Å²) in [6.45, 7) is 6.63. The van der Waals surface area contributed by atoms with Crippen molar-refractivity contribution in [3.05, 3.63) is 65.2 Å². The standard InChI is InChI=1S/C29H36N2O7/c1-19(2)17-30(23(16-29(34)35)21-5-7-24-22(15-21)10-12-37-24)18-20-4-6-25(26(14-20)36-3)38-13-11-31-27(32)8-9-28(31)33/h4-9,14-15,19,23,32-33H,10-13,16-18H2,1-3H3,(H,34,35). The van der Waals surface area contributed by atoms with Crippen molar-refractivity contribution in [3.8, 4) is 29.0 Å². The van der Waals surface area contributed by atoms with Crippen LogP contribution in [-0.2, 0) is 24.3 Å². The normalized spacial score (nSPS) is 13.4. The molecule has 0 saturated carbocycles. The van der Waals surface area contributed by atoms with E-state index in [4.69, 9.17) is 14.2 Å². The Balaban J connectivity index is 1.53. The number of fused-ring (bicyclic) bond motifs is 1. The molecule has 0 radical (unpaired) electrons. The molecule has 1 aromatic heterocycles. The number of rotatable bonds is 13. The number of hydrogen-bond acceptors (Lipinski definition) is 7. The Morgan fingerprint density at radius 3 is 2.53 bits per heavy atom. The molecule has 1 aliphatic heterocycles. The molecule has 0 fully saturated rings. The molecule has 0 aliphatic carbocycles. The summed E-state index contributed by atoms with van der Waals surface area (Å²) < 4.78 is 18.5. The molecule has 3 N–H and O–H groups in total. The predicted molar refractivity (Wildman–Crippen MR) is 142 cm³/mol. The molecule has 204 valence electrons. The summed E-state index contributed by atoms with van der Waals surface area (Å²) in [5, 5.41) is 29.4. The summed E-state index contributed by atoms with van der Waals surface area (Å²) in [5.74, 6) is 1.38. The number of ether oxygens (including phenoxy) is 3. The number of methoxy groups -OCH3 is 1. The fraction of sp³-hybridized carbons (Fsp3) is 0.414. The molecule has 38 heavy (non-hydrogen) atoms. The van der Waals surface area contributed by atoms with E-state index in [1.54, 1.807) is 7.11 Å². The van der Waals surface area contributed by atoms with Gasteiger partial charge in [0.15, 0.2) is 23.3 Å². The van der Waals surface area contributed by atoms with Gasteiger partial charge >= 0.3 is 5.97 Å². The number of aliphatic carboxylic acids is 1. The first-order valence-electron chi connectivity index (χ1n) is 12.8. The van der Waals surface area contributed by atoms with Crippen LogP contribution in [0, 0.1) is 5.92 Å². The van der Waals surface area contributed by atoms with Gasteiger partial charge in [-0.1, -0.05) is 32.0 Å². The molecule has 1 aliphatic rings. The summed E-state index contributed by atoms with van der Waals surface area (Å²) in [4.78, 5) is 14.1. The zero-order chi connectivity index (χ0) is 27.2. The first-order chi connectivity index (χ1) is 18.2. The second-order valence-electron chi connectivity index (χ2n) is 9.94. The van der Waals surface area contributed by atoms with Gasteiger partial charge in [0, 0.05) is 37.7 Å². The van der Waals surface area contributed by atoms with E-state index >= 15 is 0 Å². The van der Waals surface area contributed by atoms with Crippen LogP contribution in [0.3, 0.4) is 0 Å². The van der Waals surface area contributed by atoms with Crippen molar-refractivity contribution in [3.63, 3.8) is 0 Å². The summed E-state index contributed by atoms with van der Waals surface area (Å²) in [6, 6.07) is 14.2. The smallest absolute Gasteiger partial charge is 0.305 e. The van der Waals surface area contributed by atoms with Gasteiger partial charge in [-0.2, -0.15) is 0 Å². The Morgan fingerprint density at radius 2 is 1.84 bits per heavy atom. The molecular weight excluding hydrogens is 488 g/mol. The number of nitrogens with zero attached hydrogens (tertiary/aromatic N) is 2. The average Bonchev–Trinajstić information content (AvgIpc) is 3.48. The van der Waals surface area contributed by atoms with Crippen LogP contribution in [0.1, 0.15) is 43.0 Å². The number of carboxylic acids is 1. The van der Waals surface area contributed by atoms with E-state index in [2.05, 4.69) is 24.8 Å². The van der Waals surface area contributed by atoms with Crippen molar-refractivity contribution in [1.82, 2.24) is 9.47 Å². The van der Waals surface area contributed by atoms with Crippen molar-refractivity contribution in [2.45, 2.75) is 45.8 Å². The van der Waals surface area contributed by atoms with Crippen LogP contribution in [0.2, 0.25) is 0 Å². The maximum absolute atomic E-state index is 11.9. The highest BCUT2D eigenvalue weighted by molar-refractivity contribution is 5.68. The van der Waals surface area contributed by atoms with E-state index in [0.717, 1.165) is 35.4 Å². The first kappa shape index (κ1) is 27.2. The lowest BCUT2D eigenvalue weighted by atomic mass is 9.97. The van der Waals surface area contributed by atoms with Crippen molar-refractivity contribution in [2.75, 3.05) is 26.9 Å². The quantitative estimate of drug-likeness (QED) is 0.297. The van der Waals surface area contributed by atoms with Gasteiger partial charge in [0.25, 0.3) is 0 Å². The third-order valence-corrected chi connectivity index (χ3v) is 6.63. The van der Waals surface area contributed by atoms with Crippen LogP contribution in [0.4, 0.5) is 0 Å². The Bertz CT molecular complexity index is 1230. The lowest BCUT2D eigenvalue weighted by Gasteiger charge is -2.33. The molecule has 4 rings (SSSR count). The zero-order valence-electron chi connectivity index (χ0n) is 22.1. The summed E-state index contributed by atoms with van der Waals surface area (Å²) >= 11 is 0. The molecular formula is C29H36N2O7. The molecule has 9 heteroatoms. The number of carboxylic acid groups (broad SMARTS) is 1. The lowest BCUT2D eigenvalue weighted by Crippen LogP contribution is -2.33. The largest absolute Gasteiger partial charge is 0.494 e. The van der Waals surface area contributed by atoms with Crippen LogP contribution in [-0.4, -0.2) is 57.6 Å². The van der Waals surface area contributed by atoms with E-state index in [1.165, 1.54) is 16.7 Å². The Hall–Kier alpha value is -3.85. The van der Waals surface area contributed by atoms with Crippen LogP contribution >= 0.6 is 0 Å². The van der Waals surface area contributed by atoms with Crippen molar-refractivity contribution < 1.29 is 34.3 Å². The molecule has 0 spiro atoms. The van der Waals surface area contributed by atoms with Gasteiger partial charge in [0.05, 0.1) is 26.7 Å². The first-order valence-corrected chi connectivity index (χ1v) is 12.8. The SMILES string of the molecule is COc1cc(CN(CC(C)C)C(CC(=O)O)c2ccc3c(c2)CCO3)ccc1OCCn1c(O)ccc1O. The second kappa shape index (κ2) is 12.1. The van der Waals surface area contributed by atoms with Gasteiger partial charge < -0.3 is 29.5 Å². The van der Waals surface area contributed by atoms with Crippen LogP contribution in [0.15, 0.2) is 48.5 Å². The van der Waals surface area contributed by atoms with Crippen molar-refractivity contribution in [2.24, 2.45) is 5.92 Å². The van der Waals surface area contributed by atoms with Gasteiger partial charge in [0.2, 0.25) is 0 Å². The Kier molecular flexibility index (Phi) is 8.68. The highest BCUT2D eigenvalue weighted by Crippen LogP contribution is 2.35. The maximum atomic E-state index is 11.9. The Labute approximate surface area is 222 Å². The average molecular weight is 525 g/mol. The minimum Gasteiger partial charge on any atom is -0.494 e. The topological polar surface area (TPSA) is 114 Å². The number of aromatic nitrogens is 1. The zero-order valence-corrected chi connectivity index (χ0v) is 22.1. The van der Waals surface area contributed by atoms with Gasteiger partial charge in [-0.3, -0.25) is 14.3 Å². The molecule has 9 nitrogen and oxygen atoms in total. The second-order valence-corrected chi connectivity index (χ2v) is 9.94. The summed E-state index contributed by atoms with van der Waals surface area (Å²) in [7, 11) is 1.57. The van der Waals surface area contributed by atoms with E-state index < -0.39 is 5.97 Å².